The third-order valence-corrected chi connectivity index (χ3v) is 5.57. The summed E-state index contributed by atoms with van der Waals surface area (Å²) in [6.45, 7) is 0. The molecular weight excluding hydrogens is 396 g/mol. The van der Waals surface area contributed by atoms with Crippen LogP contribution in [-0.4, -0.2) is 18.2 Å². The number of phenols is 1. The van der Waals surface area contributed by atoms with Gasteiger partial charge in [-0.15, -0.1) is 0 Å². The van der Waals surface area contributed by atoms with Crippen LogP contribution >= 0.6 is 0 Å². The Labute approximate surface area is 177 Å². The average molecular weight is 414 g/mol. The summed E-state index contributed by atoms with van der Waals surface area (Å²) in [6.07, 6.45) is 1.50. The summed E-state index contributed by atoms with van der Waals surface area (Å²) in [5, 5.41) is 10.6. The summed E-state index contributed by atoms with van der Waals surface area (Å²) in [4.78, 5) is 25.5. The van der Waals surface area contributed by atoms with Gasteiger partial charge in [-0.3, -0.25) is 9.59 Å². The molecule has 0 fully saturated rings. The molecule has 4 aromatic rings. The zero-order valence-electron chi connectivity index (χ0n) is 16.6. The van der Waals surface area contributed by atoms with Crippen LogP contribution in [0, 0.1) is 0 Å². The van der Waals surface area contributed by atoms with Gasteiger partial charge in [-0.25, -0.2) is 0 Å². The van der Waals surface area contributed by atoms with Crippen molar-refractivity contribution in [1.82, 2.24) is 0 Å². The molecule has 1 N–H and O–H groups in total. The van der Waals surface area contributed by atoms with Crippen molar-refractivity contribution in [2.75, 3.05) is 7.11 Å². The number of hydrogen-bond acceptors (Lipinski definition) is 6. The first kappa shape index (κ1) is 18.9. The largest absolute Gasteiger partial charge is 0.504 e. The number of esters is 1. The van der Waals surface area contributed by atoms with Gasteiger partial charge >= 0.3 is 5.97 Å². The lowest BCUT2D eigenvalue weighted by atomic mass is 9.85. The lowest BCUT2D eigenvalue weighted by Gasteiger charge is -2.25. The van der Waals surface area contributed by atoms with E-state index >= 15 is 0 Å². The number of rotatable bonds is 3. The van der Waals surface area contributed by atoms with E-state index < -0.39 is 11.9 Å². The summed E-state index contributed by atoms with van der Waals surface area (Å²) in [5.41, 5.74) is 2.73. The number of carbonyl (C=O) groups is 1. The van der Waals surface area contributed by atoms with E-state index in [-0.39, 0.29) is 17.6 Å². The van der Waals surface area contributed by atoms with Gasteiger partial charge in [0, 0.05) is 11.5 Å². The lowest BCUT2D eigenvalue weighted by Crippen LogP contribution is -2.22. The number of fused-ring (bicyclic) bond motifs is 3. The molecule has 0 unspecified atom stereocenters. The van der Waals surface area contributed by atoms with Gasteiger partial charge in [0.15, 0.2) is 11.5 Å². The molecular formula is C25H18O6. The molecule has 0 saturated carbocycles. The minimum absolute atomic E-state index is 0.0338. The van der Waals surface area contributed by atoms with Crippen LogP contribution in [0.4, 0.5) is 0 Å². The molecule has 5 rings (SSSR count). The Bertz CT molecular complexity index is 1370. The van der Waals surface area contributed by atoms with Gasteiger partial charge in [-0.05, 0) is 35.4 Å². The molecule has 0 aliphatic carbocycles. The van der Waals surface area contributed by atoms with E-state index in [1.54, 1.807) is 30.3 Å². The zero-order valence-corrected chi connectivity index (χ0v) is 16.6. The van der Waals surface area contributed by atoms with Gasteiger partial charge in [0.1, 0.15) is 17.6 Å². The van der Waals surface area contributed by atoms with E-state index in [9.17, 15) is 14.7 Å². The van der Waals surface area contributed by atoms with Crippen LogP contribution < -0.4 is 14.9 Å². The van der Waals surface area contributed by atoms with Crippen molar-refractivity contribution < 1.29 is 23.8 Å². The average Bonchev–Trinajstić information content (AvgIpc) is 2.79. The molecule has 1 aliphatic rings. The van der Waals surface area contributed by atoms with Crippen LogP contribution in [0.25, 0.3) is 22.1 Å². The molecule has 6 nitrogen and oxygen atoms in total. The molecule has 1 atom stereocenters. The van der Waals surface area contributed by atoms with Gasteiger partial charge in [-0.1, -0.05) is 36.4 Å². The number of phenolic OH excluding ortho intramolecular Hbond substituents is 1. The summed E-state index contributed by atoms with van der Waals surface area (Å²) >= 11 is 0. The van der Waals surface area contributed by atoms with Gasteiger partial charge in [0.05, 0.1) is 24.5 Å². The van der Waals surface area contributed by atoms with Crippen LogP contribution in [0.3, 0.4) is 0 Å². The maximum atomic E-state index is 13.2. The van der Waals surface area contributed by atoms with Crippen LogP contribution in [0.15, 0.2) is 76.1 Å². The highest BCUT2D eigenvalue weighted by Gasteiger charge is 2.32. The van der Waals surface area contributed by atoms with Gasteiger partial charge in [0.25, 0.3) is 0 Å². The summed E-state index contributed by atoms with van der Waals surface area (Å²) in [5.74, 6) is -0.189. The van der Waals surface area contributed by atoms with Crippen molar-refractivity contribution in [3.05, 3.63) is 88.3 Å². The minimum Gasteiger partial charge on any atom is -0.504 e. The number of ether oxygens (including phenoxy) is 2. The Balaban J connectivity index is 1.72. The molecule has 0 spiro atoms. The van der Waals surface area contributed by atoms with E-state index in [1.165, 1.54) is 13.4 Å². The van der Waals surface area contributed by atoms with Crippen molar-refractivity contribution >= 4 is 16.9 Å². The third-order valence-electron chi connectivity index (χ3n) is 5.57. The number of carbonyl (C=O) groups excluding carboxylic acids is 1. The highest BCUT2D eigenvalue weighted by Crippen LogP contribution is 2.44. The smallest absolute Gasteiger partial charge is 0.312 e. The van der Waals surface area contributed by atoms with Crippen LogP contribution in [-0.2, 0) is 4.79 Å². The monoisotopic (exact) mass is 414 g/mol. The van der Waals surface area contributed by atoms with Crippen molar-refractivity contribution in [3.63, 3.8) is 0 Å². The second-order valence-corrected chi connectivity index (χ2v) is 7.36. The summed E-state index contributed by atoms with van der Waals surface area (Å²) < 4.78 is 16.5. The highest BCUT2D eigenvalue weighted by molar-refractivity contribution is 5.90. The van der Waals surface area contributed by atoms with E-state index in [4.69, 9.17) is 13.9 Å². The van der Waals surface area contributed by atoms with Crippen LogP contribution in [0.2, 0.25) is 0 Å². The molecule has 0 bridgehead atoms. The maximum absolute atomic E-state index is 13.2. The zero-order chi connectivity index (χ0) is 21.5. The molecule has 1 aliphatic heterocycles. The molecule has 1 aromatic heterocycles. The fourth-order valence-corrected chi connectivity index (χ4v) is 4.08. The molecule has 2 heterocycles. The van der Waals surface area contributed by atoms with E-state index in [2.05, 4.69) is 0 Å². The molecule has 154 valence electrons. The van der Waals surface area contributed by atoms with Crippen molar-refractivity contribution in [1.29, 1.82) is 0 Å². The molecule has 31 heavy (non-hydrogen) atoms. The first-order chi connectivity index (χ1) is 15.1. The highest BCUT2D eigenvalue weighted by atomic mass is 16.5. The number of aromatic hydroxyl groups is 1. The topological polar surface area (TPSA) is 86.0 Å². The summed E-state index contributed by atoms with van der Waals surface area (Å²) in [6, 6.07) is 17.5. The predicted octanol–water partition coefficient (Wildman–Crippen LogP) is 4.62. The minimum atomic E-state index is -0.442. The van der Waals surface area contributed by atoms with Gasteiger partial charge < -0.3 is 19.0 Å². The van der Waals surface area contributed by atoms with Crippen LogP contribution in [0.5, 0.6) is 17.2 Å². The Morgan fingerprint density at radius 2 is 1.84 bits per heavy atom. The number of hydrogen-bond donors (Lipinski definition) is 1. The Kier molecular flexibility index (Phi) is 4.47. The standard InChI is InChI=1S/C25H18O6/c1-29-20-9-7-15(11-19(20)26)17-12-22(27)31-21-10-8-16-24(28)18(13-30-25(16)23(17)21)14-5-3-2-4-6-14/h2-11,13,17,26H,12H2,1H3/t17-/m1/s1. The Morgan fingerprint density at radius 3 is 2.58 bits per heavy atom. The van der Waals surface area contributed by atoms with E-state index in [0.717, 1.165) is 5.56 Å². The van der Waals surface area contributed by atoms with E-state index in [0.29, 0.717) is 39.2 Å². The molecule has 0 saturated heterocycles. The first-order valence-corrected chi connectivity index (χ1v) is 9.78. The Hall–Kier alpha value is -4.06. The molecule has 3 aromatic carbocycles. The SMILES string of the molecule is COc1ccc([C@H]2CC(=O)Oc3ccc4c(=O)c(-c5ccccc5)coc4c32)cc1O. The second kappa shape index (κ2) is 7.32. The number of benzene rings is 3. The lowest BCUT2D eigenvalue weighted by molar-refractivity contribution is -0.135. The fraction of sp³-hybridized carbons (Fsp3) is 0.120. The molecule has 6 heteroatoms. The third kappa shape index (κ3) is 3.13. The van der Waals surface area contributed by atoms with Gasteiger partial charge in [-0.2, -0.15) is 0 Å². The predicted molar refractivity (Wildman–Crippen MR) is 115 cm³/mol. The first-order valence-electron chi connectivity index (χ1n) is 9.78. The maximum Gasteiger partial charge on any atom is 0.312 e. The summed E-state index contributed by atoms with van der Waals surface area (Å²) in [7, 11) is 1.47. The van der Waals surface area contributed by atoms with Gasteiger partial charge in [0.2, 0.25) is 5.43 Å². The van der Waals surface area contributed by atoms with Crippen molar-refractivity contribution in [2.45, 2.75) is 12.3 Å². The fourth-order valence-electron chi connectivity index (χ4n) is 4.08. The van der Waals surface area contributed by atoms with Crippen LogP contribution in [0.1, 0.15) is 23.5 Å². The normalized spacial score (nSPS) is 15.4. The molecule has 0 radical (unpaired) electrons. The van der Waals surface area contributed by atoms with E-state index in [1.807, 2.05) is 30.3 Å². The van der Waals surface area contributed by atoms with Crippen molar-refractivity contribution in [2.24, 2.45) is 0 Å². The number of methoxy groups -OCH3 is 1. The second-order valence-electron chi connectivity index (χ2n) is 7.36. The Morgan fingerprint density at radius 1 is 1.03 bits per heavy atom. The van der Waals surface area contributed by atoms with Crippen molar-refractivity contribution in [3.8, 4) is 28.4 Å². The molecule has 0 amide bonds. The quantitative estimate of drug-likeness (QED) is 0.389.